The molecule has 0 aliphatic heterocycles. The number of aromatic nitrogens is 2. The molecule has 18 heavy (non-hydrogen) atoms. The fourth-order valence-corrected chi connectivity index (χ4v) is 2.97. The molecule has 100 valence electrons. The van der Waals surface area contributed by atoms with Crippen LogP contribution in [0.15, 0.2) is 10.7 Å². The maximum atomic E-state index is 6.03. The van der Waals surface area contributed by atoms with Gasteiger partial charge in [0.25, 0.3) is 0 Å². The number of halogens is 1. The van der Waals surface area contributed by atoms with Gasteiger partial charge in [0.2, 0.25) is 0 Å². The van der Waals surface area contributed by atoms with E-state index < -0.39 is 0 Å². The van der Waals surface area contributed by atoms with E-state index in [4.69, 9.17) is 10.5 Å². The number of hydrogen-bond donors (Lipinski definition) is 1. The van der Waals surface area contributed by atoms with E-state index in [0.717, 1.165) is 29.6 Å². The predicted octanol–water partition coefficient (Wildman–Crippen LogP) is 3.26. The van der Waals surface area contributed by atoms with Crippen LogP contribution in [0, 0.1) is 5.92 Å². The smallest absolute Gasteiger partial charge is 0.162 e. The average molecular weight is 314 g/mol. The van der Waals surface area contributed by atoms with Gasteiger partial charge < -0.3 is 10.5 Å². The number of nitrogens with zero attached hydrogens (tertiary/aromatic N) is 2. The molecular weight excluding hydrogens is 294 g/mol. The highest BCUT2D eigenvalue weighted by Crippen LogP contribution is 2.41. The van der Waals surface area contributed by atoms with Crippen molar-refractivity contribution in [1.29, 1.82) is 0 Å². The van der Waals surface area contributed by atoms with Crippen molar-refractivity contribution >= 4 is 21.7 Å². The predicted molar refractivity (Wildman–Crippen MR) is 75.1 cm³/mol. The molecular formula is C13H20BrN3O. The third-order valence-corrected chi connectivity index (χ3v) is 4.17. The molecule has 2 atom stereocenters. The first-order valence-electron chi connectivity index (χ1n) is 6.50. The van der Waals surface area contributed by atoms with Crippen molar-refractivity contribution in [2.75, 3.05) is 12.3 Å². The van der Waals surface area contributed by atoms with Crippen molar-refractivity contribution < 1.29 is 4.74 Å². The van der Waals surface area contributed by atoms with Crippen LogP contribution < -0.4 is 5.73 Å². The monoisotopic (exact) mass is 313 g/mol. The Morgan fingerprint density at radius 2 is 2.39 bits per heavy atom. The summed E-state index contributed by atoms with van der Waals surface area (Å²) in [5.74, 6) is 1.85. The molecule has 2 N–H and O–H groups in total. The van der Waals surface area contributed by atoms with E-state index in [0.29, 0.717) is 18.3 Å². The number of rotatable bonds is 3. The molecule has 1 aliphatic rings. The van der Waals surface area contributed by atoms with Crippen LogP contribution in [-0.2, 0) is 10.3 Å². The van der Waals surface area contributed by atoms with Gasteiger partial charge in [0, 0.05) is 12.8 Å². The van der Waals surface area contributed by atoms with Gasteiger partial charge in [0.15, 0.2) is 5.82 Å². The molecule has 0 radical (unpaired) electrons. The maximum absolute atomic E-state index is 6.03. The maximum Gasteiger partial charge on any atom is 0.162 e. The van der Waals surface area contributed by atoms with Crippen molar-refractivity contribution in [3.05, 3.63) is 16.5 Å². The Morgan fingerprint density at radius 3 is 3.00 bits per heavy atom. The Hall–Kier alpha value is -0.680. The first-order valence-corrected chi connectivity index (χ1v) is 7.29. The number of hydrogen-bond acceptors (Lipinski definition) is 4. The van der Waals surface area contributed by atoms with E-state index in [2.05, 4.69) is 32.8 Å². The fraction of sp³-hybridized carbons (Fsp3) is 0.692. The largest absolute Gasteiger partial charge is 0.383 e. The van der Waals surface area contributed by atoms with Crippen LogP contribution >= 0.6 is 15.9 Å². The van der Waals surface area contributed by atoms with Gasteiger partial charge in [-0.1, -0.05) is 13.3 Å². The Balaban J connectivity index is 2.36. The summed E-state index contributed by atoms with van der Waals surface area (Å²) in [6.45, 7) is 4.95. The summed E-state index contributed by atoms with van der Waals surface area (Å²) in [5, 5.41) is 0. The van der Waals surface area contributed by atoms with E-state index in [-0.39, 0.29) is 5.60 Å². The van der Waals surface area contributed by atoms with E-state index in [1.165, 1.54) is 6.42 Å². The molecule has 5 heteroatoms. The zero-order valence-corrected chi connectivity index (χ0v) is 12.5. The van der Waals surface area contributed by atoms with Crippen molar-refractivity contribution in [1.82, 2.24) is 9.97 Å². The molecule has 0 bridgehead atoms. The summed E-state index contributed by atoms with van der Waals surface area (Å²) < 4.78 is 6.76. The quantitative estimate of drug-likeness (QED) is 0.930. The normalized spacial score (nSPS) is 28.3. The number of ether oxygens (including phenoxy) is 1. The lowest BCUT2D eigenvalue weighted by Crippen LogP contribution is -2.37. The van der Waals surface area contributed by atoms with E-state index in [1.54, 1.807) is 6.20 Å². The summed E-state index contributed by atoms with van der Waals surface area (Å²) in [7, 11) is 0. The van der Waals surface area contributed by atoms with Crippen LogP contribution in [0.25, 0.3) is 0 Å². The van der Waals surface area contributed by atoms with Crippen molar-refractivity contribution in [2.24, 2.45) is 5.92 Å². The Kier molecular flexibility index (Phi) is 4.22. The fourth-order valence-electron chi connectivity index (χ4n) is 2.78. The highest BCUT2D eigenvalue weighted by atomic mass is 79.9. The first kappa shape index (κ1) is 13.7. The van der Waals surface area contributed by atoms with Gasteiger partial charge in [-0.15, -0.1) is 0 Å². The van der Waals surface area contributed by atoms with E-state index in [9.17, 15) is 0 Å². The first-order chi connectivity index (χ1) is 8.57. The lowest BCUT2D eigenvalue weighted by Gasteiger charge is -2.38. The van der Waals surface area contributed by atoms with Crippen molar-refractivity contribution in [2.45, 2.75) is 45.1 Å². The summed E-state index contributed by atoms with van der Waals surface area (Å²) in [4.78, 5) is 8.84. The number of anilines is 1. The van der Waals surface area contributed by atoms with Gasteiger partial charge in [0.05, 0.1) is 4.47 Å². The summed E-state index contributed by atoms with van der Waals surface area (Å²) >= 11 is 3.33. The second-order valence-electron chi connectivity index (χ2n) is 5.06. The third-order valence-electron chi connectivity index (χ3n) is 3.56. The molecule has 1 saturated carbocycles. The molecule has 1 fully saturated rings. The van der Waals surface area contributed by atoms with Gasteiger partial charge >= 0.3 is 0 Å². The SMILES string of the molecule is CCOC1(c2ncc(Br)c(N)n2)CCCC(C)C1. The minimum atomic E-state index is -0.346. The highest BCUT2D eigenvalue weighted by molar-refractivity contribution is 9.10. The zero-order chi connectivity index (χ0) is 13.2. The lowest BCUT2D eigenvalue weighted by molar-refractivity contribution is -0.0880. The van der Waals surface area contributed by atoms with Crippen LogP contribution in [0.1, 0.15) is 45.4 Å². The van der Waals surface area contributed by atoms with Crippen molar-refractivity contribution in [3.8, 4) is 0 Å². The zero-order valence-electron chi connectivity index (χ0n) is 10.9. The standard InChI is InChI=1S/C13H20BrN3O/c1-3-18-13(6-4-5-9(2)7-13)12-16-8-10(14)11(15)17-12/h8-9H,3-7H2,1-2H3,(H2,15,16,17). The molecule has 1 heterocycles. The summed E-state index contributed by atoms with van der Waals surface area (Å²) in [6, 6.07) is 0. The third kappa shape index (κ3) is 2.67. The Morgan fingerprint density at radius 1 is 1.61 bits per heavy atom. The molecule has 1 aromatic heterocycles. The van der Waals surface area contributed by atoms with Gasteiger partial charge in [-0.2, -0.15) is 0 Å². The van der Waals surface area contributed by atoms with Crippen LogP contribution in [0.3, 0.4) is 0 Å². The summed E-state index contributed by atoms with van der Waals surface area (Å²) in [5.41, 5.74) is 5.52. The number of nitrogens with two attached hydrogens (primary N) is 1. The van der Waals surface area contributed by atoms with E-state index >= 15 is 0 Å². The average Bonchev–Trinajstić information content (AvgIpc) is 2.33. The van der Waals surface area contributed by atoms with Crippen LogP contribution in [-0.4, -0.2) is 16.6 Å². The van der Waals surface area contributed by atoms with Gasteiger partial charge in [-0.3, -0.25) is 0 Å². The molecule has 0 amide bonds. The van der Waals surface area contributed by atoms with Gasteiger partial charge in [0.1, 0.15) is 11.4 Å². The lowest BCUT2D eigenvalue weighted by atomic mass is 9.78. The van der Waals surface area contributed by atoms with Crippen LogP contribution in [0.5, 0.6) is 0 Å². The molecule has 0 saturated heterocycles. The summed E-state index contributed by atoms with van der Waals surface area (Å²) in [6.07, 6.45) is 6.08. The second-order valence-corrected chi connectivity index (χ2v) is 5.91. The topological polar surface area (TPSA) is 61.0 Å². The Bertz CT molecular complexity index is 423. The van der Waals surface area contributed by atoms with Crippen LogP contribution in [0.2, 0.25) is 0 Å². The Labute approximate surface area is 116 Å². The molecule has 2 unspecified atom stereocenters. The van der Waals surface area contributed by atoms with Gasteiger partial charge in [-0.25, -0.2) is 9.97 Å². The van der Waals surface area contributed by atoms with Crippen LogP contribution in [0.4, 0.5) is 5.82 Å². The molecule has 1 aromatic rings. The minimum absolute atomic E-state index is 0.346. The molecule has 4 nitrogen and oxygen atoms in total. The van der Waals surface area contributed by atoms with Crippen molar-refractivity contribution in [3.63, 3.8) is 0 Å². The molecule has 0 spiro atoms. The molecule has 1 aliphatic carbocycles. The molecule has 2 rings (SSSR count). The highest BCUT2D eigenvalue weighted by Gasteiger charge is 2.40. The van der Waals surface area contributed by atoms with E-state index in [1.807, 2.05) is 6.92 Å². The second kappa shape index (κ2) is 5.53. The van der Waals surface area contributed by atoms with Gasteiger partial charge in [-0.05, 0) is 48.0 Å². The molecule has 0 aromatic carbocycles. The number of nitrogen functional groups attached to an aromatic ring is 1. The minimum Gasteiger partial charge on any atom is -0.383 e.